The van der Waals surface area contributed by atoms with E-state index in [-0.39, 0.29) is 6.61 Å². The third-order valence-corrected chi connectivity index (χ3v) is 29.4. The van der Waals surface area contributed by atoms with Crippen LogP contribution in [0.1, 0.15) is 125 Å². The van der Waals surface area contributed by atoms with Gasteiger partial charge in [-0.3, -0.25) is 0 Å². The normalized spacial score (nSPS) is 24.9. The molecule has 0 aromatic carbocycles. The second-order valence-corrected chi connectivity index (χ2v) is 32.4. The van der Waals surface area contributed by atoms with Gasteiger partial charge in [0.25, 0.3) is 0 Å². The molecule has 0 amide bonds. The summed E-state index contributed by atoms with van der Waals surface area (Å²) < 4.78 is 35.8. The molecule has 0 aromatic heterocycles. The van der Waals surface area contributed by atoms with Crippen molar-refractivity contribution in [3.05, 3.63) is 0 Å². The summed E-state index contributed by atoms with van der Waals surface area (Å²) in [6, 6.07) is 0. The Bertz CT molecular complexity index is 701. The highest BCUT2D eigenvalue weighted by molar-refractivity contribution is 6.79. The lowest BCUT2D eigenvalue weighted by atomic mass is 9.99. The van der Waals surface area contributed by atoms with E-state index in [1.54, 1.807) is 7.11 Å². The van der Waals surface area contributed by atoms with E-state index >= 15 is 0 Å². The molecule has 43 heavy (non-hydrogen) atoms. The minimum absolute atomic E-state index is 0.156. The highest BCUT2D eigenvalue weighted by Crippen LogP contribution is 2.50. The van der Waals surface area contributed by atoms with E-state index in [9.17, 15) is 5.11 Å². The van der Waals surface area contributed by atoms with Crippen LogP contribution in [0.15, 0.2) is 0 Å². The molecular weight excluding hydrogens is 589 g/mol. The zero-order valence-corrected chi connectivity index (χ0v) is 34.8. The standard InChI is InChI=1S/C34H74O6Si3/c1-21(2)41(22(3)4,23(5)6)38-31-30(20-35)37-34(36-19)33(40-43(27(13)14,28(15)16)29(17)18)32(31)39-42(24(7)8,25(9)10)26(11)12/h21-35H,20H2,1-19H3/t30-,31-,32+,33-,34-/m1/s1. The summed E-state index contributed by atoms with van der Waals surface area (Å²) in [6.07, 6.45) is -2.55. The highest BCUT2D eigenvalue weighted by atomic mass is 28.4. The van der Waals surface area contributed by atoms with Crippen LogP contribution >= 0.6 is 0 Å². The molecule has 1 heterocycles. The molecule has 1 fully saturated rings. The maximum absolute atomic E-state index is 10.9. The van der Waals surface area contributed by atoms with Gasteiger partial charge >= 0.3 is 0 Å². The number of hydrogen-bond acceptors (Lipinski definition) is 6. The molecule has 1 rings (SSSR count). The lowest BCUT2D eigenvalue weighted by Crippen LogP contribution is -2.70. The van der Waals surface area contributed by atoms with Crippen LogP contribution in [0.2, 0.25) is 49.9 Å². The van der Waals surface area contributed by atoms with Gasteiger partial charge in [0.05, 0.1) is 6.61 Å². The van der Waals surface area contributed by atoms with E-state index in [1.165, 1.54) is 0 Å². The van der Waals surface area contributed by atoms with Crippen LogP contribution in [0.4, 0.5) is 0 Å². The van der Waals surface area contributed by atoms with Crippen LogP contribution in [0.3, 0.4) is 0 Å². The highest BCUT2D eigenvalue weighted by Gasteiger charge is 2.60. The maximum atomic E-state index is 10.9. The Balaban J connectivity index is 4.17. The van der Waals surface area contributed by atoms with Crippen LogP contribution in [-0.4, -0.2) is 74.5 Å². The van der Waals surface area contributed by atoms with Gasteiger partial charge in [0, 0.05) is 7.11 Å². The van der Waals surface area contributed by atoms with Crippen LogP contribution in [0, 0.1) is 0 Å². The minimum atomic E-state index is -2.42. The summed E-state index contributed by atoms with van der Waals surface area (Å²) in [5, 5.41) is 10.9. The summed E-state index contributed by atoms with van der Waals surface area (Å²) in [4.78, 5) is 0. The van der Waals surface area contributed by atoms with Gasteiger partial charge in [-0.05, 0) is 49.9 Å². The zero-order chi connectivity index (χ0) is 33.8. The van der Waals surface area contributed by atoms with Crippen molar-refractivity contribution in [3.63, 3.8) is 0 Å². The van der Waals surface area contributed by atoms with E-state index in [0.717, 1.165) is 0 Å². The van der Waals surface area contributed by atoms with Gasteiger partial charge in [-0.2, -0.15) is 0 Å². The Hall–Kier alpha value is 0.411. The van der Waals surface area contributed by atoms with Gasteiger partial charge in [-0.1, -0.05) is 125 Å². The van der Waals surface area contributed by atoms with E-state index in [2.05, 4.69) is 125 Å². The average Bonchev–Trinajstić information content (AvgIpc) is 2.86. The van der Waals surface area contributed by atoms with Gasteiger partial charge in [-0.15, -0.1) is 0 Å². The average molecular weight is 663 g/mol. The SMILES string of the molecule is CO[C@@H]1O[C@H](CO)[C@@H](O[Si](C(C)C)(C(C)C)C(C)C)[C@H](O[Si](C(C)C)(C(C)C)C(C)C)[C@H]1O[Si](C(C)C)(C(C)C)C(C)C. The quantitative estimate of drug-likeness (QED) is 0.156. The first-order valence-corrected chi connectivity index (χ1v) is 23.9. The van der Waals surface area contributed by atoms with Crippen LogP contribution in [0.25, 0.3) is 0 Å². The van der Waals surface area contributed by atoms with Crippen molar-refractivity contribution in [2.45, 2.75) is 205 Å². The Labute approximate surface area is 271 Å². The molecule has 9 heteroatoms. The third kappa shape index (κ3) is 7.94. The smallest absolute Gasteiger partial charge is 0.201 e. The fourth-order valence-electron chi connectivity index (χ4n) is 9.55. The first kappa shape index (κ1) is 41.4. The summed E-state index contributed by atoms with van der Waals surface area (Å²) in [7, 11) is -5.51. The largest absolute Gasteiger partial charge is 0.408 e. The molecule has 258 valence electrons. The Kier molecular flexibility index (Phi) is 15.9. The molecule has 0 saturated carbocycles. The zero-order valence-electron chi connectivity index (χ0n) is 31.8. The predicted molar refractivity (Wildman–Crippen MR) is 191 cm³/mol. The van der Waals surface area contributed by atoms with E-state index in [1.807, 2.05) is 0 Å². The van der Waals surface area contributed by atoms with Gasteiger partial charge in [0.1, 0.15) is 24.4 Å². The maximum Gasteiger partial charge on any atom is 0.201 e. The number of aliphatic hydroxyl groups is 1. The first-order chi connectivity index (χ1) is 19.7. The molecule has 1 N–H and O–H groups in total. The van der Waals surface area contributed by atoms with Gasteiger partial charge in [-0.25, -0.2) is 0 Å². The van der Waals surface area contributed by atoms with Crippen LogP contribution in [0.5, 0.6) is 0 Å². The van der Waals surface area contributed by atoms with Crippen molar-refractivity contribution < 1.29 is 27.9 Å². The predicted octanol–water partition coefficient (Wildman–Crippen LogP) is 10.0. The summed E-state index contributed by atoms with van der Waals surface area (Å²) >= 11 is 0. The van der Waals surface area contributed by atoms with Gasteiger partial charge < -0.3 is 27.9 Å². The second-order valence-electron chi connectivity index (χ2n) is 16.2. The molecular formula is C34H74O6Si3. The summed E-state index contributed by atoms with van der Waals surface area (Å²) in [6.45, 7) is 41.7. The molecule has 5 atom stereocenters. The Morgan fingerprint density at radius 1 is 0.465 bits per heavy atom. The van der Waals surface area contributed by atoms with Crippen molar-refractivity contribution in [3.8, 4) is 0 Å². The van der Waals surface area contributed by atoms with Crippen molar-refractivity contribution in [1.29, 1.82) is 0 Å². The van der Waals surface area contributed by atoms with Gasteiger partial charge in [0.2, 0.25) is 25.0 Å². The Morgan fingerprint density at radius 3 is 0.953 bits per heavy atom. The minimum Gasteiger partial charge on any atom is -0.408 e. The van der Waals surface area contributed by atoms with Crippen molar-refractivity contribution in [2.24, 2.45) is 0 Å². The fraction of sp³-hybridized carbons (Fsp3) is 1.00. The molecule has 1 aliphatic rings. The topological polar surface area (TPSA) is 66.4 Å². The number of rotatable bonds is 17. The molecule has 0 bridgehead atoms. The molecule has 0 spiro atoms. The molecule has 1 aliphatic heterocycles. The third-order valence-electron chi connectivity index (χ3n) is 11.1. The van der Waals surface area contributed by atoms with E-state index < -0.39 is 55.7 Å². The number of ether oxygens (including phenoxy) is 2. The van der Waals surface area contributed by atoms with Crippen molar-refractivity contribution >= 4 is 25.0 Å². The van der Waals surface area contributed by atoms with Crippen molar-refractivity contribution in [1.82, 2.24) is 0 Å². The number of hydrogen-bond donors (Lipinski definition) is 1. The summed E-state index contributed by atoms with van der Waals surface area (Å²) in [5.41, 5.74) is 3.45. The molecule has 0 radical (unpaired) electrons. The lowest BCUT2D eigenvalue weighted by Gasteiger charge is -2.57. The van der Waals surface area contributed by atoms with E-state index in [4.69, 9.17) is 22.8 Å². The molecule has 0 aromatic rings. The molecule has 1 saturated heterocycles. The Morgan fingerprint density at radius 2 is 0.721 bits per heavy atom. The molecule has 0 unspecified atom stereocenters. The van der Waals surface area contributed by atoms with Crippen LogP contribution in [-0.2, 0) is 22.8 Å². The lowest BCUT2D eigenvalue weighted by molar-refractivity contribution is -0.286. The van der Waals surface area contributed by atoms with Crippen molar-refractivity contribution in [2.75, 3.05) is 13.7 Å². The van der Waals surface area contributed by atoms with Crippen LogP contribution < -0.4 is 0 Å². The number of methoxy groups -OCH3 is 1. The molecule has 6 nitrogen and oxygen atoms in total. The summed E-state index contributed by atoms with van der Waals surface area (Å²) in [5.74, 6) is 0. The first-order valence-electron chi connectivity index (χ1n) is 17.5. The number of aliphatic hydroxyl groups excluding tert-OH is 1. The van der Waals surface area contributed by atoms with Gasteiger partial charge in [0.15, 0.2) is 6.29 Å². The monoisotopic (exact) mass is 662 g/mol. The molecule has 0 aliphatic carbocycles. The second kappa shape index (κ2) is 16.5. The van der Waals surface area contributed by atoms with E-state index in [0.29, 0.717) is 49.9 Å². The fourth-order valence-corrected chi connectivity index (χ4v) is 26.2.